The first-order chi connectivity index (χ1) is 6.74. The Hall–Kier alpha value is -1.05. The summed E-state index contributed by atoms with van der Waals surface area (Å²) >= 11 is 0. The Balaban J connectivity index is 2.43. The van der Waals surface area contributed by atoms with E-state index in [0.29, 0.717) is 12.3 Å². The Morgan fingerprint density at radius 3 is 2.79 bits per heavy atom. The summed E-state index contributed by atoms with van der Waals surface area (Å²) in [5.74, 6) is 0.310. The molecule has 2 rings (SSSR count). The standard InChI is InChI=1S/C12H17NO/c1-3-10-6-7-11(14)13-8-4-5-9(2)12(10)13/h3H,4-8H2,1-2H3/b10-3-. The van der Waals surface area contributed by atoms with E-state index in [1.54, 1.807) is 0 Å². The summed E-state index contributed by atoms with van der Waals surface area (Å²) in [6, 6.07) is 0. The molecule has 0 aromatic rings. The lowest BCUT2D eigenvalue weighted by molar-refractivity contribution is -0.130. The average Bonchev–Trinajstić information content (AvgIpc) is 2.20. The molecule has 1 saturated heterocycles. The van der Waals surface area contributed by atoms with Gasteiger partial charge in [0.15, 0.2) is 0 Å². The fourth-order valence-corrected chi connectivity index (χ4v) is 2.44. The van der Waals surface area contributed by atoms with Crippen LogP contribution < -0.4 is 0 Å². The second-order valence-corrected chi connectivity index (χ2v) is 4.09. The van der Waals surface area contributed by atoms with E-state index in [1.807, 2.05) is 4.90 Å². The lowest BCUT2D eigenvalue weighted by atomic mass is 9.91. The van der Waals surface area contributed by atoms with Crippen molar-refractivity contribution in [2.24, 2.45) is 0 Å². The van der Waals surface area contributed by atoms with Gasteiger partial charge < -0.3 is 4.90 Å². The van der Waals surface area contributed by atoms with Gasteiger partial charge in [-0.05, 0) is 44.3 Å². The van der Waals surface area contributed by atoms with E-state index in [4.69, 9.17) is 0 Å². The number of allylic oxidation sites excluding steroid dienone is 3. The Kier molecular flexibility index (Phi) is 2.44. The number of rotatable bonds is 0. The minimum atomic E-state index is 0.310. The summed E-state index contributed by atoms with van der Waals surface area (Å²) < 4.78 is 0. The number of fused-ring (bicyclic) bond motifs is 1. The number of hydrogen-bond donors (Lipinski definition) is 0. The number of nitrogens with zero attached hydrogens (tertiary/aromatic N) is 1. The largest absolute Gasteiger partial charge is 0.312 e. The number of carbonyl (C=O) groups excluding carboxylic acids is 1. The summed E-state index contributed by atoms with van der Waals surface area (Å²) in [6.07, 6.45) is 6.05. The molecule has 2 heterocycles. The van der Waals surface area contributed by atoms with Crippen LogP contribution in [0.5, 0.6) is 0 Å². The molecule has 0 saturated carbocycles. The molecular formula is C12H17NO. The lowest BCUT2D eigenvalue weighted by Crippen LogP contribution is -2.38. The molecule has 0 bridgehead atoms. The van der Waals surface area contributed by atoms with E-state index < -0.39 is 0 Å². The molecule has 1 fully saturated rings. The molecule has 0 aliphatic carbocycles. The molecule has 0 radical (unpaired) electrons. The predicted molar refractivity (Wildman–Crippen MR) is 56.6 cm³/mol. The van der Waals surface area contributed by atoms with E-state index in [0.717, 1.165) is 25.8 Å². The van der Waals surface area contributed by atoms with Crippen LogP contribution in [0.15, 0.2) is 22.9 Å². The SMILES string of the molecule is C/C=C1/CCC(=O)N2CCCC(C)=C12. The molecular weight excluding hydrogens is 174 g/mol. The predicted octanol–water partition coefficient (Wildman–Crippen LogP) is 2.62. The van der Waals surface area contributed by atoms with Gasteiger partial charge in [-0.1, -0.05) is 6.08 Å². The van der Waals surface area contributed by atoms with Crippen LogP contribution in [-0.2, 0) is 4.79 Å². The minimum Gasteiger partial charge on any atom is -0.312 e. The van der Waals surface area contributed by atoms with Crippen molar-refractivity contribution in [3.63, 3.8) is 0 Å². The van der Waals surface area contributed by atoms with Crippen molar-refractivity contribution in [1.82, 2.24) is 4.90 Å². The fraction of sp³-hybridized carbons (Fsp3) is 0.583. The zero-order chi connectivity index (χ0) is 10.1. The van der Waals surface area contributed by atoms with Crippen LogP contribution in [0.3, 0.4) is 0 Å². The van der Waals surface area contributed by atoms with Gasteiger partial charge in [-0.2, -0.15) is 0 Å². The fourth-order valence-electron chi connectivity index (χ4n) is 2.44. The second-order valence-electron chi connectivity index (χ2n) is 4.09. The third kappa shape index (κ3) is 1.39. The molecule has 0 unspecified atom stereocenters. The van der Waals surface area contributed by atoms with Crippen LogP contribution in [0, 0.1) is 0 Å². The quantitative estimate of drug-likeness (QED) is 0.576. The van der Waals surface area contributed by atoms with Crippen molar-refractivity contribution in [2.45, 2.75) is 39.5 Å². The van der Waals surface area contributed by atoms with Gasteiger partial charge in [0.05, 0.1) is 0 Å². The van der Waals surface area contributed by atoms with E-state index >= 15 is 0 Å². The van der Waals surface area contributed by atoms with Crippen LogP contribution in [0.4, 0.5) is 0 Å². The first-order valence-corrected chi connectivity index (χ1v) is 5.39. The van der Waals surface area contributed by atoms with Crippen molar-refractivity contribution < 1.29 is 4.79 Å². The topological polar surface area (TPSA) is 20.3 Å². The third-order valence-corrected chi connectivity index (χ3v) is 3.17. The molecule has 2 heteroatoms. The molecule has 1 amide bonds. The maximum atomic E-state index is 11.7. The first-order valence-electron chi connectivity index (χ1n) is 5.39. The monoisotopic (exact) mass is 191 g/mol. The normalized spacial score (nSPS) is 25.7. The summed E-state index contributed by atoms with van der Waals surface area (Å²) in [5.41, 5.74) is 3.98. The molecule has 76 valence electrons. The first kappa shape index (κ1) is 9.50. The number of amides is 1. The van der Waals surface area contributed by atoms with Crippen LogP contribution in [0.1, 0.15) is 39.5 Å². The van der Waals surface area contributed by atoms with Crippen molar-refractivity contribution in [3.8, 4) is 0 Å². The molecule has 0 spiro atoms. The van der Waals surface area contributed by atoms with E-state index in [9.17, 15) is 4.79 Å². The summed E-state index contributed by atoms with van der Waals surface area (Å²) in [7, 11) is 0. The number of piperidine rings is 1. The van der Waals surface area contributed by atoms with Crippen LogP contribution in [0.25, 0.3) is 0 Å². The number of hydrogen-bond acceptors (Lipinski definition) is 1. The average molecular weight is 191 g/mol. The van der Waals surface area contributed by atoms with Gasteiger partial charge in [0, 0.05) is 18.7 Å². The van der Waals surface area contributed by atoms with Crippen LogP contribution in [0.2, 0.25) is 0 Å². The zero-order valence-corrected chi connectivity index (χ0v) is 8.97. The Morgan fingerprint density at radius 2 is 2.07 bits per heavy atom. The molecule has 2 nitrogen and oxygen atoms in total. The lowest BCUT2D eigenvalue weighted by Gasteiger charge is -2.36. The highest BCUT2D eigenvalue weighted by atomic mass is 16.2. The molecule has 2 aliphatic heterocycles. The Morgan fingerprint density at radius 1 is 1.29 bits per heavy atom. The smallest absolute Gasteiger partial charge is 0.227 e. The molecule has 0 aromatic heterocycles. The van der Waals surface area contributed by atoms with Gasteiger partial charge in [0.1, 0.15) is 0 Å². The highest BCUT2D eigenvalue weighted by Gasteiger charge is 2.29. The van der Waals surface area contributed by atoms with E-state index in [2.05, 4.69) is 19.9 Å². The summed E-state index contributed by atoms with van der Waals surface area (Å²) in [4.78, 5) is 13.7. The maximum Gasteiger partial charge on any atom is 0.227 e. The second kappa shape index (κ2) is 3.60. The highest BCUT2D eigenvalue weighted by molar-refractivity contribution is 5.82. The highest BCUT2D eigenvalue weighted by Crippen LogP contribution is 2.34. The maximum absolute atomic E-state index is 11.7. The number of carbonyl (C=O) groups is 1. The van der Waals surface area contributed by atoms with Gasteiger partial charge in [-0.15, -0.1) is 0 Å². The summed E-state index contributed by atoms with van der Waals surface area (Å²) in [5, 5.41) is 0. The minimum absolute atomic E-state index is 0.310. The van der Waals surface area contributed by atoms with Gasteiger partial charge in [-0.25, -0.2) is 0 Å². The Labute approximate surface area is 85.3 Å². The van der Waals surface area contributed by atoms with Gasteiger partial charge in [0.2, 0.25) is 5.91 Å². The van der Waals surface area contributed by atoms with E-state index in [1.165, 1.54) is 16.8 Å². The Bertz CT molecular complexity index is 325. The molecule has 0 atom stereocenters. The zero-order valence-electron chi connectivity index (χ0n) is 8.97. The van der Waals surface area contributed by atoms with Crippen molar-refractivity contribution >= 4 is 5.91 Å². The van der Waals surface area contributed by atoms with Crippen molar-refractivity contribution in [3.05, 3.63) is 22.9 Å². The third-order valence-electron chi connectivity index (χ3n) is 3.17. The molecule has 0 N–H and O–H groups in total. The van der Waals surface area contributed by atoms with Crippen LogP contribution >= 0.6 is 0 Å². The van der Waals surface area contributed by atoms with Crippen molar-refractivity contribution in [2.75, 3.05) is 6.54 Å². The van der Waals surface area contributed by atoms with Gasteiger partial charge in [0.25, 0.3) is 0 Å². The molecule has 0 aromatic carbocycles. The van der Waals surface area contributed by atoms with Gasteiger partial charge in [-0.3, -0.25) is 4.79 Å². The summed E-state index contributed by atoms with van der Waals surface area (Å²) in [6.45, 7) is 5.14. The van der Waals surface area contributed by atoms with E-state index in [-0.39, 0.29) is 0 Å². The van der Waals surface area contributed by atoms with Gasteiger partial charge >= 0.3 is 0 Å². The van der Waals surface area contributed by atoms with Crippen LogP contribution in [-0.4, -0.2) is 17.4 Å². The molecule has 14 heavy (non-hydrogen) atoms. The van der Waals surface area contributed by atoms with Crippen molar-refractivity contribution in [1.29, 1.82) is 0 Å². The molecule has 2 aliphatic rings.